The van der Waals surface area contributed by atoms with Gasteiger partial charge in [0.05, 0.1) is 0 Å². The third-order valence-electron chi connectivity index (χ3n) is 5.21. The van der Waals surface area contributed by atoms with Crippen molar-refractivity contribution < 1.29 is 0 Å². The number of nitrogens with zero attached hydrogens (tertiary/aromatic N) is 3. The zero-order chi connectivity index (χ0) is 18.6. The lowest BCUT2D eigenvalue weighted by Gasteiger charge is -2.26. The van der Waals surface area contributed by atoms with Gasteiger partial charge < -0.3 is 4.57 Å². The highest BCUT2D eigenvalue weighted by Crippen LogP contribution is 2.40. The lowest BCUT2D eigenvalue weighted by molar-refractivity contribution is 0.330. The van der Waals surface area contributed by atoms with E-state index in [-0.39, 0.29) is 5.25 Å². The first kappa shape index (κ1) is 19.0. The monoisotopic (exact) mass is 417 g/mol. The van der Waals surface area contributed by atoms with E-state index in [4.69, 9.17) is 11.6 Å². The van der Waals surface area contributed by atoms with Gasteiger partial charge in [0.2, 0.25) is 0 Å². The summed E-state index contributed by atoms with van der Waals surface area (Å²) in [5, 5.41) is 13.4. The van der Waals surface area contributed by atoms with E-state index >= 15 is 0 Å². The highest BCUT2D eigenvalue weighted by Gasteiger charge is 2.25. The molecule has 0 unspecified atom stereocenters. The molecule has 1 aromatic carbocycles. The number of aromatic nitrogens is 3. The van der Waals surface area contributed by atoms with Crippen molar-refractivity contribution in [3.8, 4) is 0 Å². The number of hydrogen-bond donors (Lipinski definition) is 0. The SMILES string of the molecule is C[C@@H](Sc1nnc(Cc2cccs2)n1C1CCCCC1)c1ccccc1Cl. The third-order valence-corrected chi connectivity index (χ3v) is 7.53. The predicted molar refractivity (Wildman–Crippen MR) is 115 cm³/mol. The molecular weight excluding hydrogens is 394 g/mol. The summed E-state index contributed by atoms with van der Waals surface area (Å²) in [5.41, 5.74) is 1.15. The molecule has 6 heteroatoms. The van der Waals surface area contributed by atoms with Crippen LogP contribution in [0, 0.1) is 0 Å². The second kappa shape index (κ2) is 8.80. The average Bonchev–Trinajstić information content (AvgIpc) is 3.33. The first-order valence-corrected chi connectivity index (χ1v) is 11.7. The molecule has 0 saturated heterocycles. The van der Waals surface area contributed by atoms with Crippen LogP contribution >= 0.6 is 34.7 Å². The molecule has 0 amide bonds. The molecule has 2 aromatic heterocycles. The standard InChI is InChI=1S/C21H24ClN3S2/c1-15(18-11-5-6-12-19(18)22)27-21-24-23-20(14-17-10-7-13-26-17)25(21)16-8-3-2-4-9-16/h5-7,10-13,15-16H,2-4,8-9,14H2,1H3/t15-/m1/s1. The molecule has 1 aliphatic carbocycles. The topological polar surface area (TPSA) is 30.7 Å². The fraction of sp³-hybridized carbons (Fsp3) is 0.429. The molecule has 142 valence electrons. The molecule has 27 heavy (non-hydrogen) atoms. The number of hydrogen-bond acceptors (Lipinski definition) is 4. The van der Waals surface area contributed by atoms with E-state index in [0.29, 0.717) is 6.04 Å². The van der Waals surface area contributed by atoms with Crippen molar-refractivity contribution in [2.75, 3.05) is 0 Å². The van der Waals surface area contributed by atoms with Gasteiger partial charge in [-0.25, -0.2) is 0 Å². The normalized spacial score (nSPS) is 16.5. The molecule has 4 rings (SSSR count). The number of benzene rings is 1. The van der Waals surface area contributed by atoms with Gasteiger partial charge in [-0.15, -0.1) is 21.5 Å². The molecule has 1 atom stereocenters. The predicted octanol–water partition coefficient (Wildman–Crippen LogP) is 6.94. The molecule has 0 bridgehead atoms. The smallest absolute Gasteiger partial charge is 0.192 e. The minimum Gasteiger partial charge on any atom is -0.303 e. The van der Waals surface area contributed by atoms with Crippen LogP contribution in [0.15, 0.2) is 46.9 Å². The summed E-state index contributed by atoms with van der Waals surface area (Å²) in [6.07, 6.45) is 7.25. The van der Waals surface area contributed by atoms with Crippen molar-refractivity contribution in [1.82, 2.24) is 14.8 Å². The summed E-state index contributed by atoms with van der Waals surface area (Å²) < 4.78 is 2.43. The van der Waals surface area contributed by atoms with E-state index in [0.717, 1.165) is 28.0 Å². The molecule has 2 heterocycles. The fourth-order valence-corrected chi connectivity index (χ4v) is 5.98. The molecule has 1 saturated carbocycles. The maximum Gasteiger partial charge on any atom is 0.192 e. The summed E-state index contributed by atoms with van der Waals surface area (Å²) in [4.78, 5) is 1.34. The fourth-order valence-electron chi connectivity index (χ4n) is 3.81. The minimum atomic E-state index is 0.236. The van der Waals surface area contributed by atoms with Gasteiger partial charge in [0.15, 0.2) is 5.16 Å². The van der Waals surface area contributed by atoms with E-state index < -0.39 is 0 Å². The Balaban J connectivity index is 1.63. The molecule has 3 nitrogen and oxygen atoms in total. The van der Waals surface area contributed by atoms with Crippen LogP contribution in [0.3, 0.4) is 0 Å². The second-order valence-corrected chi connectivity index (χ2v) is 9.85. The van der Waals surface area contributed by atoms with Gasteiger partial charge in [-0.2, -0.15) is 0 Å². The Hall–Kier alpha value is -1.30. The van der Waals surface area contributed by atoms with Crippen LogP contribution in [0.25, 0.3) is 0 Å². The Bertz CT molecular complexity index is 869. The Morgan fingerprint density at radius 2 is 1.96 bits per heavy atom. The summed E-state index contributed by atoms with van der Waals surface area (Å²) in [6.45, 7) is 2.20. The van der Waals surface area contributed by atoms with Crippen LogP contribution in [0.2, 0.25) is 5.02 Å². The van der Waals surface area contributed by atoms with Gasteiger partial charge >= 0.3 is 0 Å². The van der Waals surface area contributed by atoms with Crippen molar-refractivity contribution in [2.45, 2.75) is 61.9 Å². The highest BCUT2D eigenvalue weighted by molar-refractivity contribution is 7.99. The highest BCUT2D eigenvalue weighted by atomic mass is 35.5. The summed E-state index contributed by atoms with van der Waals surface area (Å²) in [5.74, 6) is 1.10. The van der Waals surface area contributed by atoms with Gasteiger partial charge in [-0.05, 0) is 42.8 Å². The average molecular weight is 418 g/mol. The van der Waals surface area contributed by atoms with E-state index in [1.54, 1.807) is 23.1 Å². The van der Waals surface area contributed by atoms with Gasteiger partial charge in [0.1, 0.15) is 5.82 Å². The van der Waals surface area contributed by atoms with Crippen molar-refractivity contribution in [2.24, 2.45) is 0 Å². The number of halogens is 1. The number of thioether (sulfide) groups is 1. The third kappa shape index (κ3) is 4.41. The van der Waals surface area contributed by atoms with Crippen molar-refractivity contribution in [3.63, 3.8) is 0 Å². The van der Waals surface area contributed by atoms with Crippen LogP contribution in [-0.2, 0) is 6.42 Å². The Morgan fingerprint density at radius 1 is 1.15 bits per heavy atom. The zero-order valence-corrected chi connectivity index (χ0v) is 17.9. The van der Waals surface area contributed by atoms with Gasteiger partial charge in [-0.1, -0.05) is 66.9 Å². The minimum absolute atomic E-state index is 0.236. The summed E-state index contributed by atoms with van der Waals surface area (Å²) in [6, 6.07) is 12.9. The molecule has 0 spiro atoms. The lowest BCUT2D eigenvalue weighted by Crippen LogP contribution is -2.17. The van der Waals surface area contributed by atoms with Crippen LogP contribution in [0.5, 0.6) is 0 Å². The quantitative estimate of drug-likeness (QED) is 0.407. The van der Waals surface area contributed by atoms with Gasteiger partial charge in [0, 0.05) is 27.6 Å². The van der Waals surface area contributed by atoms with E-state index in [1.807, 2.05) is 18.2 Å². The molecule has 1 fully saturated rings. The van der Waals surface area contributed by atoms with E-state index in [1.165, 1.54) is 37.0 Å². The van der Waals surface area contributed by atoms with E-state index in [2.05, 4.69) is 45.3 Å². The van der Waals surface area contributed by atoms with Crippen LogP contribution in [-0.4, -0.2) is 14.8 Å². The molecule has 1 aliphatic rings. The number of thiophene rings is 1. The molecule has 0 aliphatic heterocycles. The van der Waals surface area contributed by atoms with Crippen molar-refractivity contribution in [1.29, 1.82) is 0 Å². The van der Waals surface area contributed by atoms with Crippen molar-refractivity contribution in [3.05, 3.63) is 63.1 Å². The molecule has 0 N–H and O–H groups in total. The zero-order valence-electron chi connectivity index (χ0n) is 15.5. The van der Waals surface area contributed by atoms with Gasteiger partial charge in [-0.3, -0.25) is 0 Å². The molecular formula is C21H24ClN3S2. The van der Waals surface area contributed by atoms with Crippen LogP contribution in [0.1, 0.15) is 66.6 Å². The van der Waals surface area contributed by atoms with E-state index in [9.17, 15) is 0 Å². The molecule has 3 aromatic rings. The lowest BCUT2D eigenvalue weighted by atomic mass is 9.95. The number of rotatable bonds is 6. The first-order chi connectivity index (χ1) is 13.2. The maximum absolute atomic E-state index is 6.42. The maximum atomic E-state index is 6.42. The van der Waals surface area contributed by atoms with Crippen LogP contribution in [0.4, 0.5) is 0 Å². The summed E-state index contributed by atoms with van der Waals surface area (Å²) in [7, 11) is 0. The Labute approximate surface area is 174 Å². The molecule has 0 radical (unpaired) electrons. The van der Waals surface area contributed by atoms with Crippen molar-refractivity contribution >= 4 is 34.7 Å². The Kier molecular flexibility index (Phi) is 6.21. The Morgan fingerprint density at radius 3 is 2.70 bits per heavy atom. The first-order valence-electron chi connectivity index (χ1n) is 9.59. The largest absolute Gasteiger partial charge is 0.303 e. The second-order valence-electron chi connectivity index (χ2n) is 7.10. The van der Waals surface area contributed by atoms with Gasteiger partial charge in [0.25, 0.3) is 0 Å². The summed E-state index contributed by atoms with van der Waals surface area (Å²) >= 11 is 9.98. The van der Waals surface area contributed by atoms with Crippen LogP contribution < -0.4 is 0 Å².